The van der Waals surface area contributed by atoms with Gasteiger partial charge in [-0.1, -0.05) is 6.42 Å². The molecular weight excluding hydrogens is 573 g/mol. The van der Waals surface area contributed by atoms with E-state index < -0.39 is 48.8 Å². The average Bonchev–Trinajstić information content (AvgIpc) is 3.56. The first-order valence-corrected chi connectivity index (χ1v) is 14.7. The highest BCUT2D eigenvalue weighted by Gasteiger charge is 2.40. The smallest absolute Gasteiger partial charge is 0.349 e. The van der Waals surface area contributed by atoms with E-state index in [2.05, 4.69) is 20.7 Å². The van der Waals surface area contributed by atoms with Crippen LogP contribution in [0.3, 0.4) is 0 Å². The van der Waals surface area contributed by atoms with E-state index in [0.29, 0.717) is 22.6 Å². The van der Waals surface area contributed by atoms with Crippen LogP contribution in [0.15, 0.2) is 31.0 Å². The molecule has 2 saturated carbocycles. The first-order valence-electron chi connectivity index (χ1n) is 14.7. The van der Waals surface area contributed by atoms with Crippen LogP contribution in [0.4, 0.5) is 22.0 Å². The maximum Gasteiger partial charge on any atom is 0.389 e. The zero-order valence-electron chi connectivity index (χ0n) is 24.1. The Kier molecular flexibility index (Phi) is 8.75. The van der Waals surface area contributed by atoms with Gasteiger partial charge in [-0.05, 0) is 63.0 Å². The molecule has 3 aromatic rings. The predicted molar refractivity (Wildman–Crippen MR) is 146 cm³/mol. The summed E-state index contributed by atoms with van der Waals surface area (Å²) >= 11 is 0. The highest BCUT2D eigenvalue weighted by atomic mass is 19.4. The largest absolute Gasteiger partial charge is 0.389 e. The summed E-state index contributed by atoms with van der Waals surface area (Å²) in [5.74, 6) is -4.06. The zero-order chi connectivity index (χ0) is 30.9. The van der Waals surface area contributed by atoms with Gasteiger partial charge in [0.05, 0.1) is 49.1 Å². The van der Waals surface area contributed by atoms with Crippen LogP contribution in [0, 0.1) is 11.8 Å². The van der Waals surface area contributed by atoms with E-state index in [0.717, 1.165) is 19.3 Å². The average molecular weight is 610 g/mol. The van der Waals surface area contributed by atoms with Crippen LogP contribution in [0.1, 0.15) is 112 Å². The Morgan fingerprint density at radius 1 is 1.05 bits per heavy atom. The quantitative estimate of drug-likeness (QED) is 0.270. The number of hydrogen-bond donors (Lipinski definition) is 2. The lowest BCUT2D eigenvalue weighted by Crippen LogP contribution is -2.38. The van der Waals surface area contributed by atoms with Crippen LogP contribution >= 0.6 is 0 Å². The van der Waals surface area contributed by atoms with Gasteiger partial charge in [0.25, 0.3) is 5.91 Å². The van der Waals surface area contributed by atoms with Crippen molar-refractivity contribution in [3.63, 3.8) is 0 Å². The van der Waals surface area contributed by atoms with E-state index >= 15 is 0 Å². The molecule has 3 aromatic heterocycles. The Morgan fingerprint density at radius 2 is 1.74 bits per heavy atom. The monoisotopic (exact) mass is 609 g/mol. The predicted octanol–water partition coefficient (Wildman–Crippen LogP) is 6.10. The molecule has 2 N–H and O–H groups in total. The lowest BCUT2D eigenvalue weighted by molar-refractivity contribution is -0.144. The van der Waals surface area contributed by atoms with E-state index in [-0.39, 0.29) is 43.6 Å². The van der Waals surface area contributed by atoms with Crippen LogP contribution in [0.2, 0.25) is 0 Å². The van der Waals surface area contributed by atoms with Crippen LogP contribution < -0.4 is 10.6 Å². The van der Waals surface area contributed by atoms with Crippen LogP contribution in [-0.4, -0.2) is 48.1 Å². The number of carbonyl (C=O) groups excluding carboxylic acids is 2. The fraction of sp³-hybridized carbons (Fsp3) is 0.621. The number of imidazole rings is 2. The molecule has 0 bridgehead atoms. The number of rotatable bonds is 10. The molecule has 0 aromatic carbocycles. The van der Waals surface area contributed by atoms with Crippen LogP contribution in [-0.2, 0) is 4.79 Å². The third-order valence-corrected chi connectivity index (χ3v) is 8.59. The number of carbonyl (C=O) groups is 2. The van der Waals surface area contributed by atoms with Gasteiger partial charge in [0.15, 0.2) is 5.65 Å². The molecule has 1 unspecified atom stereocenters. The van der Waals surface area contributed by atoms with Crippen molar-refractivity contribution in [2.45, 2.75) is 102 Å². The van der Waals surface area contributed by atoms with Crippen molar-refractivity contribution in [3.05, 3.63) is 47.9 Å². The summed E-state index contributed by atoms with van der Waals surface area (Å²) in [6.07, 6.45) is 2.36. The molecule has 2 aliphatic rings. The van der Waals surface area contributed by atoms with Gasteiger partial charge in [-0.25, -0.2) is 23.3 Å². The van der Waals surface area contributed by atoms with Crippen molar-refractivity contribution in [2.24, 2.45) is 11.8 Å². The number of nitrogens with one attached hydrogen (secondary N) is 2. The lowest BCUT2D eigenvalue weighted by Gasteiger charge is -2.34. The van der Waals surface area contributed by atoms with Crippen LogP contribution in [0.5, 0.6) is 0 Å². The molecular formula is C29H36F5N7O2. The highest BCUT2D eigenvalue weighted by Crippen LogP contribution is 2.42. The Morgan fingerprint density at radius 3 is 2.37 bits per heavy atom. The van der Waals surface area contributed by atoms with Crippen molar-refractivity contribution in [2.75, 3.05) is 0 Å². The Bertz CT molecular complexity index is 1440. The topological polar surface area (TPSA) is 106 Å². The molecule has 0 saturated heterocycles. The Labute approximate surface area is 245 Å². The summed E-state index contributed by atoms with van der Waals surface area (Å²) in [6, 6.07) is 0.518. The molecule has 0 radical (unpaired) electrons. The van der Waals surface area contributed by atoms with Gasteiger partial charge in [-0.3, -0.25) is 9.59 Å². The Balaban J connectivity index is 1.41. The van der Waals surface area contributed by atoms with Gasteiger partial charge in [0, 0.05) is 25.3 Å². The molecule has 0 aliphatic heterocycles. The summed E-state index contributed by atoms with van der Waals surface area (Å²) in [4.78, 5) is 34.6. The SMILES string of the molecule is CC(C)n1cncc1C(=O)N[C@H](c1cn2ncc(C(NC(=O)CCC(F)(F)F)C3CCC3)cc2n1)C1CCC(F)(F)CC1. The first kappa shape index (κ1) is 30.9. The summed E-state index contributed by atoms with van der Waals surface area (Å²) in [5.41, 5.74) is 1.83. The minimum atomic E-state index is -4.43. The second kappa shape index (κ2) is 12.2. The van der Waals surface area contributed by atoms with Crippen molar-refractivity contribution >= 4 is 17.5 Å². The Hall–Kier alpha value is -3.58. The number of halogens is 5. The number of alkyl halides is 5. The highest BCUT2D eigenvalue weighted by molar-refractivity contribution is 5.92. The minimum absolute atomic E-state index is 0.0227. The van der Waals surface area contributed by atoms with E-state index in [1.807, 2.05) is 13.8 Å². The van der Waals surface area contributed by atoms with Crippen molar-refractivity contribution in [3.8, 4) is 0 Å². The van der Waals surface area contributed by atoms with E-state index in [1.165, 1.54) is 10.7 Å². The molecule has 2 fully saturated rings. The summed E-state index contributed by atoms with van der Waals surface area (Å²) in [5, 5.41) is 10.2. The summed E-state index contributed by atoms with van der Waals surface area (Å²) in [6.45, 7) is 3.83. The van der Waals surface area contributed by atoms with Gasteiger partial charge >= 0.3 is 6.18 Å². The third kappa shape index (κ3) is 7.32. The lowest BCUT2D eigenvalue weighted by atomic mass is 9.77. The van der Waals surface area contributed by atoms with Gasteiger partial charge in [0.2, 0.25) is 11.8 Å². The molecule has 43 heavy (non-hydrogen) atoms. The fourth-order valence-corrected chi connectivity index (χ4v) is 5.91. The molecule has 5 rings (SSSR count). The molecule has 234 valence electrons. The second-order valence-electron chi connectivity index (χ2n) is 12.0. The van der Waals surface area contributed by atoms with Gasteiger partial charge in [-0.15, -0.1) is 0 Å². The van der Waals surface area contributed by atoms with Crippen molar-refractivity contribution in [1.29, 1.82) is 0 Å². The van der Waals surface area contributed by atoms with Crippen molar-refractivity contribution in [1.82, 2.24) is 34.8 Å². The molecule has 14 heteroatoms. The first-order chi connectivity index (χ1) is 20.3. The van der Waals surface area contributed by atoms with Crippen molar-refractivity contribution < 1.29 is 31.5 Å². The number of amides is 2. The summed E-state index contributed by atoms with van der Waals surface area (Å²) < 4.78 is 69.3. The number of aromatic nitrogens is 5. The maximum absolute atomic E-state index is 14.0. The molecule has 3 heterocycles. The van der Waals surface area contributed by atoms with Gasteiger partial charge in [-0.2, -0.15) is 18.3 Å². The van der Waals surface area contributed by atoms with E-state index in [1.54, 1.807) is 29.4 Å². The number of nitrogens with zero attached hydrogens (tertiary/aromatic N) is 5. The van der Waals surface area contributed by atoms with Gasteiger partial charge < -0.3 is 15.2 Å². The van der Waals surface area contributed by atoms with E-state index in [4.69, 9.17) is 4.98 Å². The number of fused-ring (bicyclic) bond motifs is 1. The summed E-state index contributed by atoms with van der Waals surface area (Å²) in [7, 11) is 0. The maximum atomic E-state index is 14.0. The standard InChI is InChI=1S/C29H36F5N7O2/c1-17(2)40-16-35-14-22(40)27(43)39-26(19-6-9-28(30,31)10-7-19)21-15-41-23(37-21)12-20(13-36-41)25(18-4-3-5-18)38-24(42)8-11-29(32,33)34/h12-19,25-26H,3-11H2,1-2H3,(H,38,42)(H,39,43)/t25?,26-/m0/s1. The molecule has 9 nitrogen and oxygen atoms in total. The fourth-order valence-electron chi connectivity index (χ4n) is 5.91. The molecule has 2 amide bonds. The normalized spacial score (nSPS) is 19.3. The van der Waals surface area contributed by atoms with Gasteiger partial charge in [0.1, 0.15) is 5.69 Å². The third-order valence-electron chi connectivity index (χ3n) is 8.59. The minimum Gasteiger partial charge on any atom is -0.349 e. The second-order valence-corrected chi connectivity index (χ2v) is 12.0. The molecule has 2 atom stereocenters. The molecule has 2 aliphatic carbocycles. The zero-order valence-corrected chi connectivity index (χ0v) is 24.1. The van der Waals surface area contributed by atoms with Crippen LogP contribution in [0.25, 0.3) is 5.65 Å². The van der Waals surface area contributed by atoms with E-state index in [9.17, 15) is 31.5 Å². The number of hydrogen-bond acceptors (Lipinski definition) is 5. The molecule has 0 spiro atoms.